The van der Waals surface area contributed by atoms with Crippen LogP contribution in [-0.4, -0.2) is 37.1 Å². The van der Waals surface area contributed by atoms with Gasteiger partial charge < -0.3 is 15.2 Å². The predicted molar refractivity (Wildman–Crippen MR) is 58.8 cm³/mol. The number of aromatic nitrogens is 1. The molecule has 1 aromatic heterocycles. The molecule has 0 saturated heterocycles. The van der Waals surface area contributed by atoms with Gasteiger partial charge in [0.1, 0.15) is 0 Å². The zero-order chi connectivity index (χ0) is 10.6. The predicted octanol–water partition coefficient (Wildman–Crippen LogP) is 0.657. The number of H-pyrrole nitrogens is 1. The third kappa shape index (κ3) is 3.62. The van der Waals surface area contributed by atoms with Gasteiger partial charge in [0, 0.05) is 30.5 Å². The summed E-state index contributed by atoms with van der Waals surface area (Å²) in [7, 11) is 4.04. The van der Waals surface area contributed by atoms with Crippen LogP contribution in [0.2, 0.25) is 0 Å². The largest absolute Gasteiger partial charge is 0.384 e. The first-order valence-corrected chi connectivity index (χ1v) is 4.67. The molecule has 0 spiro atoms. The minimum Gasteiger partial charge on any atom is -0.384 e. The van der Waals surface area contributed by atoms with Crippen molar-refractivity contribution in [1.82, 2.24) is 9.88 Å². The van der Waals surface area contributed by atoms with Crippen molar-refractivity contribution >= 4 is 5.69 Å². The highest BCUT2D eigenvalue weighted by Crippen LogP contribution is 2.03. The number of aryl methyl sites for hydroxylation is 1. The van der Waals surface area contributed by atoms with Crippen LogP contribution in [-0.2, 0) is 0 Å². The third-order valence-corrected chi connectivity index (χ3v) is 1.87. The van der Waals surface area contributed by atoms with E-state index in [0.29, 0.717) is 0 Å². The Hall–Kier alpha value is -1.29. The van der Waals surface area contributed by atoms with E-state index in [1.807, 2.05) is 27.1 Å². The molecule has 4 heteroatoms. The zero-order valence-electron chi connectivity index (χ0n) is 8.92. The molecule has 0 bridgehead atoms. The first-order valence-electron chi connectivity index (χ1n) is 4.67. The SMILES string of the molecule is Cc1cc(NCCN(C)C)cc(=O)[nH]1. The number of rotatable bonds is 4. The van der Waals surface area contributed by atoms with Crippen LogP contribution in [0.25, 0.3) is 0 Å². The maximum atomic E-state index is 11.1. The Labute approximate surface area is 83.9 Å². The lowest BCUT2D eigenvalue weighted by molar-refractivity contribution is 0.425. The summed E-state index contributed by atoms with van der Waals surface area (Å²) in [6.45, 7) is 3.67. The molecule has 0 atom stereocenters. The smallest absolute Gasteiger partial charge is 0.250 e. The van der Waals surface area contributed by atoms with Crippen molar-refractivity contribution in [3.63, 3.8) is 0 Å². The standard InChI is InChI=1S/C10H17N3O/c1-8-6-9(7-10(14)12-8)11-4-5-13(2)3/h6-7H,4-5H2,1-3H3,(H2,11,12,14). The summed E-state index contributed by atoms with van der Waals surface area (Å²) < 4.78 is 0. The summed E-state index contributed by atoms with van der Waals surface area (Å²) in [5, 5.41) is 3.20. The lowest BCUT2D eigenvalue weighted by atomic mass is 10.3. The van der Waals surface area contributed by atoms with Gasteiger partial charge in [0.25, 0.3) is 0 Å². The fourth-order valence-electron chi connectivity index (χ4n) is 1.21. The van der Waals surface area contributed by atoms with Crippen molar-refractivity contribution in [3.05, 3.63) is 28.2 Å². The van der Waals surface area contributed by atoms with Gasteiger partial charge in [0.2, 0.25) is 5.56 Å². The second-order valence-electron chi connectivity index (χ2n) is 3.65. The van der Waals surface area contributed by atoms with Crippen molar-refractivity contribution in [2.45, 2.75) is 6.92 Å². The Kier molecular flexibility index (Phi) is 3.71. The second-order valence-corrected chi connectivity index (χ2v) is 3.65. The van der Waals surface area contributed by atoms with Crippen molar-refractivity contribution in [2.24, 2.45) is 0 Å². The van der Waals surface area contributed by atoms with E-state index in [1.165, 1.54) is 0 Å². The molecule has 1 aromatic rings. The van der Waals surface area contributed by atoms with Gasteiger partial charge in [-0.3, -0.25) is 4.79 Å². The molecule has 0 aliphatic heterocycles. The van der Waals surface area contributed by atoms with Crippen molar-refractivity contribution in [1.29, 1.82) is 0 Å². The Morgan fingerprint density at radius 3 is 2.71 bits per heavy atom. The number of nitrogens with zero attached hydrogens (tertiary/aromatic N) is 1. The molecule has 14 heavy (non-hydrogen) atoms. The fraction of sp³-hybridized carbons (Fsp3) is 0.500. The highest BCUT2D eigenvalue weighted by molar-refractivity contribution is 5.42. The number of aromatic amines is 1. The molecule has 78 valence electrons. The number of hydrogen-bond acceptors (Lipinski definition) is 3. The van der Waals surface area contributed by atoms with Crippen LogP contribution in [0.4, 0.5) is 5.69 Å². The summed E-state index contributed by atoms with van der Waals surface area (Å²) in [4.78, 5) is 15.9. The van der Waals surface area contributed by atoms with Crippen molar-refractivity contribution < 1.29 is 0 Å². The molecule has 0 unspecified atom stereocenters. The van der Waals surface area contributed by atoms with E-state index < -0.39 is 0 Å². The van der Waals surface area contributed by atoms with E-state index in [4.69, 9.17) is 0 Å². The normalized spacial score (nSPS) is 10.6. The van der Waals surface area contributed by atoms with Crippen LogP contribution in [0.5, 0.6) is 0 Å². The first kappa shape index (κ1) is 10.8. The molecule has 0 radical (unpaired) electrons. The van der Waals surface area contributed by atoms with Gasteiger partial charge in [-0.1, -0.05) is 0 Å². The van der Waals surface area contributed by atoms with Crippen molar-refractivity contribution in [3.8, 4) is 0 Å². The maximum absolute atomic E-state index is 11.1. The Bertz CT molecular complexity index is 343. The van der Waals surface area contributed by atoms with Crippen molar-refractivity contribution in [2.75, 3.05) is 32.5 Å². The number of anilines is 1. The molecule has 0 aliphatic carbocycles. The highest BCUT2D eigenvalue weighted by Gasteiger charge is 1.95. The quantitative estimate of drug-likeness (QED) is 0.742. The zero-order valence-corrected chi connectivity index (χ0v) is 8.92. The lowest BCUT2D eigenvalue weighted by Crippen LogP contribution is -2.21. The maximum Gasteiger partial charge on any atom is 0.250 e. The molecule has 0 amide bonds. The summed E-state index contributed by atoms with van der Waals surface area (Å²) in [6, 6.07) is 3.50. The monoisotopic (exact) mass is 195 g/mol. The Morgan fingerprint density at radius 2 is 2.14 bits per heavy atom. The van der Waals surface area contributed by atoms with Crippen LogP contribution < -0.4 is 10.9 Å². The van der Waals surface area contributed by atoms with E-state index >= 15 is 0 Å². The van der Waals surface area contributed by atoms with Gasteiger partial charge in [0.15, 0.2) is 0 Å². The third-order valence-electron chi connectivity index (χ3n) is 1.87. The van der Waals surface area contributed by atoms with Gasteiger partial charge in [-0.2, -0.15) is 0 Å². The fourth-order valence-corrected chi connectivity index (χ4v) is 1.21. The van der Waals surface area contributed by atoms with Crippen LogP contribution >= 0.6 is 0 Å². The van der Waals surface area contributed by atoms with E-state index in [-0.39, 0.29) is 5.56 Å². The van der Waals surface area contributed by atoms with Crippen LogP contribution in [0.15, 0.2) is 16.9 Å². The number of hydrogen-bond donors (Lipinski definition) is 2. The molecule has 2 N–H and O–H groups in total. The molecular weight excluding hydrogens is 178 g/mol. The van der Waals surface area contributed by atoms with Crippen LogP contribution in [0.3, 0.4) is 0 Å². The van der Waals surface area contributed by atoms with Gasteiger partial charge in [-0.15, -0.1) is 0 Å². The van der Waals surface area contributed by atoms with Gasteiger partial charge in [-0.25, -0.2) is 0 Å². The van der Waals surface area contributed by atoms with Gasteiger partial charge in [-0.05, 0) is 27.1 Å². The summed E-state index contributed by atoms with van der Waals surface area (Å²) in [6.07, 6.45) is 0. The number of nitrogens with one attached hydrogen (secondary N) is 2. The second kappa shape index (κ2) is 4.81. The molecule has 0 fully saturated rings. The Morgan fingerprint density at radius 1 is 1.43 bits per heavy atom. The molecule has 1 heterocycles. The summed E-state index contributed by atoms with van der Waals surface area (Å²) in [5.41, 5.74) is 1.70. The molecule has 0 saturated carbocycles. The minimum atomic E-state index is -0.0580. The van der Waals surface area contributed by atoms with E-state index in [1.54, 1.807) is 6.07 Å². The minimum absolute atomic E-state index is 0.0580. The highest BCUT2D eigenvalue weighted by atomic mass is 16.1. The number of likely N-dealkylation sites (N-methyl/N-ethyl adjacent to an activating group) is 1. The molecule has 0 aliphatic rings. The molecule has 0 aromatic carbocycles. The van der Waals surface area contributed by atoms with Crippen LogP contribution in [0.1, 0.15) is 5.69 Å². The molecule has 1 rings (SSSR count). The van der Waals surface area contributed by atoms with E-state index in [9.17, 15) is 4.79 Å². The summed E-state index contributed by atoms with van der Waals surface area (Å²) >= 11 is 0. The van der Waals surface area contributed by atoms with E-state index in [2.05, 4.69) is 15.2 Å². The number of pyridine rings is 1. The van der Waals surface area contributed by atoms with E-state index in [0.717, 1.165) is 24.5 Å². The van der Waals surface area contributed by atoms with Gasteiger partial charge in [0.05, 0.1) is 0 Å². The first-order chi connectivity index (χ1) is 6.58. The summed E-state index contributed by atoms with van der Waals surface area (Å²) in [5.74, 6) is 0. The van der Waals surface area contributed by atoms with Crippen LogP contribution in [0, 0.1) is 6.92 Å². The Balaban J connectivity index is 2.55. The molecule has 4 nitrogen and oxygen atoms in total. The average Bonchev–Trinajstić information content (AvgIpc) is 2.01. The lowest BCUT2D eigenvalue weighted by Gasteiger charge is -2.11. The topological polar surface area (TPSA) is 48.1 Å². The molecular formula is C10H17N3O. The van der Waals surface area contributed by atoms with Gasteiger partial charge >= 0.3 is 0 Å². The average molecular weight is 195 g/mol.